The normalized spacial score (nSPS) is 13.6. The first kappa shape index (κ1) is 21.5. The quantitative estimate of drug-likeness (QED) is 0.575. The first-order valence-electron chi connectivity index (χ1n) is 9.30. The summed E-state index contributed by atoms with van der Waals surface area (Å²) in [6, 6.07) is 10.9. The third kappa shape index (κ3) is 4.23. The molecule has 1 aliphatic heterocycles. The molecular formula is C21H16Cl2FN3O3S. The van der Waals surface area contributed by atoms with Gasteiger partial charge < -0.3 is 5.32 Å². The first-order valence-corrected chi connectivity index (χ1v) is 11.5. The number of carbonyl (C=O) groups excluding carboxylic acids is 1. The number of sulfonamides is 1. The smallest absolute Gasteiger partial charge is 0.264 e. The number of rotatable bonds is 4. The molecule has 2 aromatic carbocycles. The van der Waals surface area contributed by atoms with Crippen LogP contribution in [-0.2, 0) is 16.4 Å². The molecule has 2 heterocycles. The minimum atomic E-state index is -3.93. The van der Waals surface area contributed by atoms with Crippen LogP contribution in [0.4, 0.5) is 15.8 Å². The Morgan fingerprint density at radius 2 is 1.77 bits per heavy atom. The van der Waals surface area contributed by atoms with E-state index in [4.69, 9.17) is 23.2 Å². The number of hydrogen-bond acceptors (Lipinski definition) is 4. The summed E-state index contributed by atoms with van der Waals surface area (Å²) in [6.07, 6.45) is 2.63. The van der Waals surface area contributed by atoms with Gasteiger partial charge in [0, 0.05) is 6.54 Å². The van der Waals surface area contributed by atoms with Crippen LogP contribution in [0.1, 0.15) is 22.5 Å². The number of aromatic nitrogens is 1. The first-order chi connectivity index (χ1) is 14.8. The number of nitrogens with one attached hydrogen (secondary N) is 1. The summed E-state index contributed by atoms with van der Waals surface area (Å²) in [5.41, 5.74) is 1.35. The highest BCUT2D eigenvalue weighted by Gasteiger charge is 2.30. The van der Waals surface area contributed by atoms with E-state index >= 15 is 0 Å². The predicted octanol–water partition coefficient (Wildman–Crippen LogP) is 4.92. The average molecular weight is 480 g/mol. The molecule has 1 amide bonds. The molecule has 0 fully saturated rings. The lowest BCUT2D eigenvalue weighted by Crippen LogP contribution is -2.36. The molecule has 0 saturated carbocycles. The second-order valence-electron chi connectivity index (χ2n) is 6.88. The van der Waals surface area contributed by atoms with Gasteiger partial charge in [-0.15, -0.1) is 0 Å². The minimum Gasteiger partial charge on any atom is -0.320 e. The highest BCUT2D eigenvalue weighted by molar-refractivity contribution is 7.92. The molecule has 0 saturated heterocycles. The van der Waals surface area contributed by atoms with Crippen LogP contribution in [0.15, 0.2) is 59.6 Å². The lowest BCUT2D eigenvalue weighted by molar-refractivity contribution is 0.102. The molecule has 0 atom stereocenters. The SMILES string of the molecule is O=C(Nc1cnc2c(c1)N(S(=O)(=O)c1ccc(F)cc1)CCC2)c1c(Cl)cccc1Cl. The Labute approximate surface area is 188 Å². The van der Waals surface area contributed by atoms with Gasteiger partial charge in [0.05, 0.1) is 43.8 Å². The molecule has 160 valence electrons. The monoisotopic (exact) mass is 479 g/mol. The van der Waals surface area contributed by atoms with Crippen LogP contribution in [0.25, 0.3) is 0 Å². The van der Waals surface area contributed by atoms with Gasteiger partial charge in [-0.05, 0) is 55.3 Å². The minimum absolute atomic E-state index is 0.0287. The van der Waals surface area contributed by atoms with Gasteiger partial charge in [-0.1, -0.05) is 29.3 Å². The van der Waals surface area contributed by atoms with Crippen molar-refractivity contribution in [2.45, 2.75) is 17.7 Å². The van der Waals surface area contributed by atoms with Gasteiger partial charge in [-0.3, -0.25) is 14.1 Å². The largest absolute Gasteiger partial charge is 0.320 e. The summed E-state index contributed by atoms with van der Waals surface area (Å²) in [4.78, 5) is 17.0. The molecule has 1 N–H and O–H groups in total. The van der Waals surface area contributed by atoms with Gasteiger partial charge in [0.1, 0.15) is 5.82 Å². The highest BCUT2D eigenvalue weighted by Crippen LogP contribution is 2.33. The Kier molecular flexibility index (Phi) is 5.88. The number of aryl methyl sites for hydroxylation is 1. The van der Waals surface area contributed by atoms with Crippen LogP contribution in [-0.4, -0.2) is 25.9 Å². The van der Waals surface area contributed by atoms with Crippen molar-refractivity contribution in [1.82, 2.24) is 4.98 Å². The molecular weight excluding hydrogens is 464 g/mol. The van der Waals surface area contributed by atoms with Crippen molar-refractivity contribution in [3.63, 3.8) is 0 Å². The van der Waals surface area contributed by atoms with Crippen molar-refractivity contribution in [1.29, 1.82) is 0 Å². The van der Waals surface area contributed by atoms with Crippen molar-refractivity contribution in [3.8, 4) is 0 Å². The molecule has 1 aliphatic rings. The van der Waals surface area contributed by atoms with Gasteiger partial charge in [0.15, 0.2) is 0 Å². The van der Waals surface area contributed by atoms with E-state index in [1.165, 1.54) is 22.6 Å². The lowest BCUT2D eigenvalue weighted by atomic mass is 10.1. The van der Waals surface area contributed by atoms with Crippen LogP contribution in [0.3, 0.4) is 0 Å². The number of hydrogen-bond donors (Lipinski definition) is 1. The Hall–Kier alpha value is -2.68. The number of benzene rings is 2. The standard InChI is InChI=1S/C21H16Cl2FN3O3S/c22-16-3-1-4-17(23)20(16)21(28)26-14-11-19-18(25-12-14)5-2-10-27(19)31(29,30)15-8-6-13(24)7-9-15/h1,3-4,6-9,11-12H,2,5,10H2,(H,26,28). The van der Waals surface area contributed by atoms with E-state index in [0.29, 0.717) is 29.9 Å². The Bertz CT molecular complexity index is 1250. The van der Waals surface area contributed by atoms with Crippen LogP contribution in [0.2, 0.25) is 10.0 Å². The summed E-state index contributed by atoms with van der Waals surface area (Å²) in [6.45, 7) is 0.238. The summed E-state index contributed by atoms with van der Waals surface area (Å²) < 4.78 is 40.8. The summed E-state index contributed by atoms with van der Waals surface area (Å²) in [5, 5.41) is 3.05. The van der Waals surface area contributed by atoms with Gasteiger partial charge in [0.2, 0.25) is 0 Å². The molecule has 4 rings (SSSR count). The van der Waals surface area contributed by atoms with Crippen molar-refractivity contribution in [2.24, 2.45) is 0 Å². The number of fused-ring (bicyclic) bond motifs is 1. The van der Waals surface area contributed by atoms with E-state index in [9.17, 15) is 17.6 Å². The molecule has 0 spiro atoms. The maximum absolute atomic E-state index is 13.2. The number of anilines is 2. The number of nitrogens with zero attached hydrogens (tertiary/aromatic N) is 2. The summed E-state index contributed by atoms with van der Waals surface area (Å²) >= 11 is 12.2. The summed E-state index contributed by atoms with van der Waals surface area (Å²) in [7, 11) is -3.93. The highest BCUT2D eigenvalue weighted by atomic mass is 35.5. The molecule has 3 aromatic rings. The molecule has 0 unspecified atom stereocenters. The number of pyridine rings is 1. The molecule has 6 nitrogen and oxygen atoms in total. The summed E-state index contributed by atoms with van der Waals surface area (Å²) in [5.74, 6) is -1.07. The van der Waals surface area contributed by atoms with Crippen LogP contribution in [0, 0.1) is 5.82 Å². The van der Waals surface area contributed by atoms with Gasteiger partial charge in [-0.2, -0.15) is 0 Å². The molecule has 0 bridgehead atoms. The van der Waals surface area contributed by atoms with Crippen LogP contribution >= 0.6 is 23.2 Å². The number of halogens is 3. The maximum Gasteiger partial charge on any atom is 0.264 e. The fourth-order valence-electron chi connectivity index (χ4n) is 3.36. The van der Waals surface area contributed by atoms with Crippen LogP contribution < -0.4 is 9.62 Å². The Balaban J connectivity index is 1.68. The average Bonchev–Trinajstić information content (AvgIpc) is 2.73. The van der Waals surface area contributed by atoms with E-state index in [2.05, 4.69) is 10.3 Å². The van der Waals surface area contributed by atoms with E-state index in [0.717, 1.165) is 12.1 Å². The van der Waals surface area contributed by atoms with Crippen molar-refractivity contribution < 1.29 is 17.6 Å². The zero-order chi connectivity index (χ0) is 22.2. The van der Waals surface area contributed by atoms with Gasteiger partial charge in [-0.25, -0.2) is 12.8 Å². The predicted molar refractivity (Wildman–Crippen MR) is 118 cm³/mol. The molecule has 31 heavy (non-hydrogen) atoms. The molecule has 0 radical (unpaired) electrons. The van der Waals surface area contributed by atoms with Crippen molar-refractivity contribution >= 4 is 50.5 Å². The third-order valence-corrected chi connectivity index (χ3v) is 7.30. The Morgan fingerprint density at radius 3 is 2.45 bits per heavy atom. The van der Waals surface area contributed by atoms with E-state index in [1.54, 1.807) is 24.3 Å². The fraction of sp³-hybridized carbons (Fsp3) is 0.143. The maximum atomic E-state index is 13.2. The van der Waals surface area contributed by atoms with E-state index in [-0.39, 0.29) is 27.0 Å². The van der Waals surface area contributed by atoms with Crippen molar-refractivity contribution in [3.05, 3.63) is 81.8 Å². The van der Waals surface area contributed by atoms with Crippen molar-refractivity contribution in [2.75, 3.05) is 16.2 Å². The second kappa shape index (κ2) is 8.45. The Morgan fingerprint density at radius 1 is 1.10 bits per heavy atom. The lowest BCUT2D eigenvalue weighted by Gasteiger charge is -2.30. The second-order valence-corrected chi connectivity index (χ2v) is 9.55. The molecule has 10 heteroatoms. The zero-order valence-corrected chi connectivity index (χ0v) is 18.3. The molecule has 0 aliphatic carbocycles. The van der Waals surface area contributed by atoms with E-state index < -0.39 is 21.7 Å². The fourth-order valence-corrected chi connectivity index (χ4v) is 5.45. The number of amides is 1. The molecule has 1 aromatic heterocycles. The zero-order valence-electron chi connectivity index (χ0n) is 16.0. The van der Waals surface area contributed by atoms with Gasteiger partial charge >= 0.3 is 0 Å². The van der Waals surface area contributed by atoms with E-state index in [1.807, 2.05) is 0 Å². The third-order valence-electron chi connectivity index (χ3n) is 4.84. The number of carbonyl (C=O) groups is 1. The van der Waals surface area contributed by atoms with Crippen LogP contribution in [0.5, 0.6) is 0 Å². The van der Waals surface area contributed by atoms with Gasteiger partial charge in [0.25, 0.3) is 15.9 Å². The topological polar surface area (TPSA) is 79.4 Å².